The van der Waals surface area contributed by atoms with Gasteiger partial charge in [-0.25, -0.2) is 0 Å². The molecule has 0 bridgehead atoms. The number of rotatable bonds is 5. The van der Waals surface area contributed by atoms with Crippen molar-refractivity contribution in [3.05, 3.63) is 53.5 Å². The topological polar surface area (TPSA) is 88.6 Å². The Morgan fingerprint density at radius 1 is 1.38 bits per heavy atom. The maximum absolute atomic E-state index is 12.2. The van der Waals surface area contributed by atoms with Gasteiger partial charge in [0.2, 0.25) is 5.91 Å². The molecule has 2 heterocycles. The lowest BCUT2D eigenvalue weighted by molar-refractivity contribution is -0.117. The molecule has 1 fully saturated rings. The molecule has 1 aromatic heterocycles. The number of carbonyl (C=O) groups excluding carboxylic acids is 2. The number of hydrogen-bond donors (Lipinski definition) is 2. The fraction of sp³-hybridized carbons (Fsp3) is 0.333. The van der Waals surface area contributed by atoms with E-state index < -0.39 is 0 Å². The normalized spacial score (nSPS) is 15.6. The molecule has 1 aliphatic heterocycles. The lowest BCUT2D eigenvalue weighted by Gasteiger charge is -2.18. The minimum atomic E-state index is -0.204. The average Bonchev–Trinajstić information content (AvgIpc) is 3.23. The molecule has 1 saturated heterocycles. The summed E-state index contributed by atoms with van der Waals surface area (Å²) >= 11 is 0. The molecule has 2 aromatic rings. The Morgan fingerprint density at radius 2 is 2.12 bits per heavy atom. The third-order valence-electron chi connectivity index (χ3n) is 4.24. The monoisotopic (exact) mass is 327 g/mol. The number of nitrogens with two attached hydrogens (primary N) is 1. The number of carbonyl (C=O) groups is 2. The summed E-state index contributed by atoms with van der Waals surface area (Å²) in [5.74, 6) is 0.539. The van der Waals surface area contributed by atoms with Crippen LogP contribution in [0, 0.1) is 0 Å². The molecule has 6 nitrogen and oxygen atoms in total. The van der Waals surface area contributed by atoms with Crippen LogP contribution in [0.15, 0.2) is 41.0 Å². The second kappa shape index (κ2) is 6.88. The van der Waals surface area contributed by atoms with Crippen LogP contribution in [-0.2, 0) is 11.3 Å². The molecule has 1 aliphatic rings. The first kappa shape index (κ1) is 16.3. The van der Waals surface area contributed by atoms with Crippen LogP contribution in [-0.4, -0.2) is 18.4 Å². The lowest BCUT2D eigenvalue weighted by atomic mass is 10.1. The molecule has 3 N–H and O–H groups in total. The third-order valence-corrected chi connectivity index (χ3v) is 4.24. The summed E-state index contributed by atoms with van der Waals surface area (Å²) < 4.78 is 5.18. The highest BCUT2D eigenvalue weighted by molar-refractivity contribution is 5.95. The highest BCUT2D eigenvalue weighted by atomic mass is 16.3. The lowest BCUT2D eigenvalue weighted by Crippen LogP contribution is -2.26. The van der Waals surface area contributed by atoms with Crippen LogP contribution in [0.5, 0.6) is 0 Å². The van der Waals surface area contributed by atoms with Gasteiger partial charge in [0.1, 0.15) is 12.0 Å². The van der Waals surface area contributed by atoms with Crippen LogP contribution in [0.1, 0.15) is 47.5 Å². The Morgan fingerprint density at radius 3 is 2.71 bits per heavy atom. The summed E-state index contributed by atoms with van der Waals surface area (Å²) in [7, 11) is 0. The Hall–Kier alpha value is -2.60. The first-order valence-electron chi connectivity index (χ1n) is 8.07. The maximum atomic E-state index is 12.2. The van der Waals surface area contributed by atoms with Crippen molar-refractivity contribution in [2.75, 3.05) is 11.4 Å². The molecular weight excluding hydrogens is 306 g/mol. The second-order valence-corrected chi connectivity index (χ2v) is 5.94. The molecule has 3 rings (SSSR count). The van der Waals surface area contributed by atoms with E-state index >= 15 is 0 Å². The molecule has 2 amide bonds. The third kappa shape index (κ3) is 3.33. The van der Waals surface area contributed by atoms with Gasteiger partial charge in [-0.3, -0.25) is 9.59 Å². The van der Waals surface area contributed by atoms with Gasteiger partial charge in [-0.2, -0.15) is 0 Å². The van der Waals surface area contributed by atoms with Crippen molar-refractivity contribution < 1.29 is 14.0 Å². The van der Waals surface area contributed by atoms with Crippen molar-refractivity contribution in [3.63, 3.8) is 0 Å². The van der Waals surface area contributed by atoms with Crippen LogP contribution < -0.4 is 16.0 Å². The minimum Gasteiger partial charge on any atom is -0.467 e. The molecule has 0 spiro atoms. The summed E-state index contributed by atoms with van der Waals surface area (Å²) in [6.45, 7) is 2.95. The second-order valence-electron chi connectivity index (χ2n) is 5.94. The molecule has 6 heteroatoms. The number of furan rings is 1. The summed E-state index contributed by atoms with van der Waals surface area (Å²) in [4.78, 5) is 25.8. The van der Waals surface area contributed by atoms with E-state index in [0.717, 1.165) is 24.2 Å². The molecule has 126 valence electrons. The number of hydrogen-bond acceptors (Lipinski definition) is 4. The Balaban J connectivity index is 1.65. The summed E-state index contributed by atoms with van der Waals surface area (Å²) in [6.07, 6.45) is 2.93. The molecule has 1 aromatic carbocycles. The van der Waals surface area contributed by atoms with Crippen LogP contribution in [0.4, 0.5) is 5.69 Å². The van der Waals surface area contributed by atoms with Crippen LogP contribution >= 0.6 is 0 Å². The number of anilines is 1. The van der Waals surface area contributed by atoms with E-state index in [-0.39, 0.29) is 24.4 Å². The van der Waals surface area contributed by atoms with Gasteiger partial charge < -0.3 is 20.4 Å². The van der Waals surface area contributed by atoms with Gasteiger partial charge in [-0.15, -0.1) is 0 Å². The van der Waals surface area contributed by atoms with E-state index in [9.17, 15) is 9.59 Å². The van der Waals surface area contributed by atoms with Gasteiger partial charge in [-0.1, -0.05) is 12.1 Å². The quantitative estimate of drug-likeness (QED) is 0.882. The maximum Gasteiger partial charge on any atom is 0.255 e. The van der Waals surface area contributed by atoms with Crippen molar-refractivity contribution in [2.45, 2.75) is 32.4 Å². The fourth-order valence-electron chi connectivity index (χ4n) is 2.83. The summed E-state index contributed by atoms with van der Waals surface area (Å²) in [5, 5.41) is 2.93. The van der Waals surface area contributed by atoms with Crippen molar-refractivity contribution in [1.82, 2.24) is 5.32 Å². The van der Waals surface area contributed by atoms with Gasteiger partial charge in [0, 0.05) is 18.7 Å². The van der Waals surface area contributed by atoms with Crippen molar-refractivity contribution in [2.24, 2.45) is 5.73 Å². The predicted molar refractivity (Wildman–Crippen MR) is 90.5 cm³/mol. The molecule has 0 radical (unpaired) electrons. The Labute approximate surface area is 140 Å². The molecule has 1 atom stereocenters. The zero-order chi connectivity index (χ0) is 17.1. The average molecular weight is 327 g/mol. The first-order valence-corrected chi connectivity index (χ1v) is 8.07. The smallest absolute Gasteiger partial charge is 0.255 e. The SMILES string of the molecule is CC(NC(=O)c1coc(CN)c1)c1ccc(N2CCCC2=O)cc1. The molecule has 0 saturated carbocycles. The zero-order valence-electron chi connectivity index (χ0n) is 13.6. The number of nitrogens with one attached hydrogen (secondary N) is 1. The fourth-order valence-corrected chi connectivity index (χ4v) is 2.83. The van der Waals surface area contributed by atoms with Gasteiger partial charge in [0.25, 0.3) is 5.91 Å². The van der Waals surface area contributed by atoms with E-state index in [1.165, 1.54) is 6.26 Å². The van der Waals surface area contributed by atoms with E-state index in [1.807, 2.05) is 31.2 Å². The highest BCUT2D eigenvalue weighted by Gasteiger charge is 2.21. The summed E-state index contributed by atoms with van der Waals surface area (Å²) in [5.41, 5.74) is 7.82. The van der Waals surface area contributed by atoms with Crippen LogP contribution in [0.2, 0.25) is 0 Å². The predicted octanol–water partition coefficient (Wildman–Crippen LogP) is 2.36. The molecule has 1 unspecified atom stereocenters. The van der Waals surface area contributed by atoms with E-state index in [1.54, 1.807) is 11.0 Å². The van der Waals surface area contributed by atoms with Crippen molar-refractivity contribution in [1.29, 1.82) is 0 Å². The van der Waals surface area contributed by atoms with Crippen molar-refractivity contribution >= 4 is 17.5 Å². The standard InChI is InChI=1S/C18H21N3O3/c1-12(20-18(23)14-9-16(10-19)24-11-14)13-4-6-15(7-5-13)21-8-2-3-17(21)22/h4-7,9,11-12H,2-3,8,10,19H2,1H3,(H,20,23). The summed E-state index contributed by atoms with van der Waals surface area (Å²) in [6, 6.07) is 9.21. The minimum absolute atomic E-state index is 0.156. The van der Waals surface area contributed by atoms with Crippen LogP contribution in [0.25, 0.3) is 0 Å². The molecule has 0 aliphatic carbocycles. The number of amides is 2. The number of benzene rings is 1. The molecular formula is C18H21N3O3. The Kier molecular flexibility index (Phi) is 4.66. The van der Waals surface area contributed by atoms with Gasteiger partial charge in [-0.05, 0) is 37.1 Å². The number of nitrogens with zero attached hydrogens (tertiary/aromatic N) is 1. The van der Waals surface area contributed by atoms with Crippen molar-refractivity contribution in [3.8, 4) is 0 Å². The molecule has 24 heavy (non-hydrogen) atoms. The van der Waals surface area contributed by atoms with E-state index in [2.05, 4.69) is 5.32 Å². The zero-order valence-corrected chi connectivity index (χ0v) is 13.6. The van der Waals surface area contributed by atoms with Gasteiger partial charge in [0.15, 0.2) is 0 Å². The Bertz CT molecular complexity index is 736. The van der Waals surface area contributed by atoms with Gasteiger partial charge >= 0.3 is 0 Å². The van der Waals surface area contributed by atoms with E-state index in [4.69, 9.17) is 10.2 Å². The van der Waals surface area contributed by atoms with Crippen LogP contribution in [0.3, 0.4) is 0 Å². The van der Waals surface area contributed by atoms with Gasteiger partial charge in [0.05, 0.1) is 18.2 Å². The van der Waals surface area contributed by atoms with E-state index in [0.29, 0.717) is 17.7 Å². The first-order chi connectivity index (χ1) is 11.6. The highest BCUT2D eigenvalue weighted by Crippen LogP contribution is 2.23. The largest absolute Gasteiger partial charge is 0.467 e.